The van der Waals surface area contributed by atoms with Crippen LogP contribution in [0.25, 0.3) is 0 Å². The van der Waals surface area contributed by atoms with Crippen molar-refractivity contribution in [1.29, 1.82) is 0 Å². The maximum atomic E-state index is 9.29. The highest BCUT2D eigenvalue weighted by Gasteiger charge is 2.22. The summed E-state index contributed by atoms with van der Waals surface area (Å²) in [5.74, 6) is 1.85. The lowest BCUT2D eigenvalue weighted by Crippen LogP contribution is -2.16. The van der Waals surface area contributed by atoms with E-state index in [4.69, 9.17) is 0 Å². The Morgan fingerprint density at radius 1 is 1.25 bits per heavy atom. The zero-order chi connectivity index (χ0) is 11.0. The van der Waals surface area contributed by atoms with Crippen molar-refractivity contribution in [1.82, 2.24) is 9.55 Å². The molecule has 0 saturated heterocycles. The van der Waals surface area contributed by atoms with Crippen LogP contribution in [0.3, 0.4) is 0 Å². The van der Waals surface area contributed by atoms with Crippen LogP contribution < -0.4 is 0 Å². The molecule has 3 heteroatoms. The first kappa shape index (κ1) is 9.46. The van der Waals surface area contributed by atoms with Gasteiger partial charge >= 0.3 is 0 Å². The summed E-state index contributed by atoms with van der Waals surface area (Å²) in [6.45, 7) is 1.07. The van der Waals surface area contributed by atoms with Gasteiger partial charge in [0.05, 0.1) is 0 Å². The Morgan fingerprint density at radius 3 is 2.88 bits per heavy atom. The number of hydrogen-bond acceptors (Lipinski definition) is 2. The monoisotopic (exact) mass is 214 g/mol. The lowest BCUT2D eigenvalue weighted by Gasteiger charge is -2.23. The maximum absolute atomic E-state index is 9.29. The molecule has 0 fully saturated rings. The minimum Gasteiger partial charge on any atom is -0.508 e. The van der Waals surface area contributed by atoms with E-state index in [0.29, 0.717) is 11.7 Å². The molecule has 0 bridgehead atoms. The second kappa shape index (κ2) is 3.67. The van der Waals surface area contributed by atoms with Gasteiger partial charge in [-0.25, -0.2) is 4.98 Å². The molecule has 82 valence electrons. The predicted octanol–water partition coefficient (Wildman–Crippen LogP) is 2.51. The molecule has 0 saturated carbocycles. The lowest BCUT2D eigenvalue weighted by molar-refractivity contribution is 0.470. The SMILES string of the molecule is Oc1ccc([C@H]2CCCn3ccnc32)cc1. The van der Waals surface area contributed by atoms with Gasteiger partial charge in [-0.1, -0.05) is 12.1 Å². The Kier molecular flexibility index (Phi) is 2.17. The average molecular weight is 214 g/mol. The number of phenols is 1. The molecule has 1 atom stereocenters. The van der Waals surface area contributed by atoms with E-state index in [2.05, 4.69) is 9.55 Å². The van der Waals surface area contributed by atoms with Gasteiger partial charge in [-0.05, 0) is 30.5 Å². The summed E-state index contributed by atoms with van der Waals surface area (Å²) >= 11 is 0. The molecule has 0 unspecified atom stereocenters. The average Bonchev–Trinajstić information content (AvgIpc) is 2.78. The van der Waals surface area contributed by atoms with Gasteiger partial charge in [0.15, 0.2) is 0 Å². The molecule has 16 heavy (non-hydrogen) atoms. The number of imidazole rings is 1. The number of hydrogen-bond donors (Lipinski definition) is 1. The Morgan fingerprint density at radius 2 is 2.06 bits per heavy atom. The third-order valence-corrected chi connectivity index (χ3v) is 3.25. The highest BCUT2D eigenvalue weighted by atomic mass is 16.3. The topological polar surface area (TPSA) is 38.0 Å². The molecule has 0 spiro atoms. The van der Waals surface area contributed by atoms with E-state index in [0.717, 1.165) is 18.8 Å². The van der Waals surface area contributed by atoms with Crippen molar-refractivity contribution in [3.05, 3.63) is 48.0 Å². The van der Waals surface area contributed by atoms with Crippen LogP contribution in [0.5, 0.6) is 5.75 Å². The highest BCUT2D eigenvalue weighted by molar-refractivity contribution is 5.32. The number of aromatic hydroxyl groups is 1. The number of aryl methyl sites for hydroxylation is 1. The van der Waals surface area contributed by atoms with Gasteiger partial charge in [0.2, 0.25) is 0 Å². The lowest BCUT2D eigenvalue weighted by atomic mass is 9.91. The molecular formula is C13H14N2O. The number of rotatable bonds is 1. The molecule has 1 aromatic carbocycles. The Bertz CT molecular complexity index is 487. The number of nitrogens with zero attached hydrogens (tertiary/aromatic N) is 2. The van der Waals surface area contributed by atoms with Gasteiger partial charge in [-0.15, -0.1) is 0 Å². The fourth-order valence-electron chi connectivity index (χ4n) is 2.44. The zero-order valence-corrected chi connectivity index (χ0v) is 9.00. The normalized spacial score (nSPS) is 19.4. The summed E-state index contributed by atoms with van der Waals surface area (Å²) in [6, 6.07) is 7.48. The van der Waals surface area contributed by atoms with Gasteiger partial charge in [0.1, 0.15) is 11.6 Å². The molecule has 2 heterocycles. The van der Waals surface area contributed by atoms with Gasteiger partial charge in [0.25, 0.3) is 0 Å². The third-order valence-electron chi connectivity index (χ3n) is 3.25. The van der Waals surface area contributed by atoms with Crippen LogP contribution in [0, 0.1) is 0 Å². The summed E-state index contributed by atoms with van der Waals surface area (Å²) in [4.78, 5) is 4.44. The van der Waals surface area contributed by atoms with Crippen molar-refractivity contribution in [2.24, 2.45) is 0 Å². The zero-order valence-electron chi connectivity index (χ0n) is 9.00. The molecule has 0 amide bonds. The molecule has 0 radical (unpaired) electrons. The summed E-state index contributed by atoms with van der Waals surface area (Å²) in [5.41, 5.74) is 1.24. The van der Waals surface area contributed by atoms with Gasteiger partial charge in [-0.3, -0.25) is 0 Å². The summed E-state index contributed by atoms with van der Waals surface area (Å²) < 4.78 is 2.22. The highest BCUT2D eigenvalue weighted by Crippen LogP contribution is 2.32. The minimum atomic E-state index is 0.322. The Balaban J connectivity index is 2.00. The first-order chi connectivity index (χ1) is 7.84. The fourth-order valence-corrected chi connectivity index (χ4v) is 2.44. The van der Waals surface area contributed by atoms with E-state index in [1.807, 2.05) is 24.5 Å². The Labute approximate surface area is 94.4 Å². The molecule has 1 N–H and O–H groups in total. The first-order valence-corrected chi connectivity index (χ1v) is 5.64. The molecule has 3 nitrogen and oxygen atoms in total. The largest absolute Gasteiger partial charge is 0.508 e. The van der Waals surface area contributed by atoms with E-state index >= 15 is 0 Å². The molecule has 3 rings (SSSR count). The maximum Gasteiger partial charge on any atom is 0.116 e. The van der Waals surface area contributed by atoms with Crippen LogP contribution in [0.4, 0.5) is 0 Å². The van der Waals surface area contributed by atoms with Crippen LogP contribution in [0.2, 0.25) is 0 Å². The molecule has 1 aliphatic rings. The van der Waals surface area contributed by atoms with E-state index < -0.39 is 0 Å². The number of benzene rings is 1. The van der Waals surface area contributed by atoms with Crippen LogP contribution >= 0.6 is 0 Å². The Hall–Kier alpha value is -1.77. The molecule has 2 aromatic rings. The van der Waals surface area contributed by atoms with E-state index in [9.17, 15) is 5.11 Å². The number of fused-ring (bicyclic) bond motifs is 1. The van der Waals surface area contributed by atoms with Crippen LogP contribution in [0.1, 0.15) is 30.1 Å². The van der Waals surface area contributed by atoms with E-state index in [-0.39, 0.29) is 0 Å². The second-order valence-corrected chi connectivity index (χ2v) is 4.27. The molecular weight excluding hydrogens is 200 g/mol. The third kappa shape index (κ3) is 1.48. The summed E-state index contributed by atoms with van der Waals surface area (Å²) in [6.07, 6.45) is 6.24. The van der Waals surface area contributed by atoms with Gasteiger partial charge < -0.3 is 9.67 Å². The number of phenolic OH excluding ortho intramolecular Hbond substituents is 1. The van der Waals surface area contributed by atoms with Gasteiger partial charge in [0, 0.05) is 24.9 Å². The quantitative estimate of drug-likeness (QED) is 0.792. The number of aromatic nitrogens is 2. The van der Waals surface area contributed by atoms with E-state index in [1.54, 1.807) is 12.1 Å². The molecule has 1 aliphatic heterocycles. The van der Waals surface area contributed by atoms with Crippen LogP contribution in [-0.2, 0) is 6.54 Å². The smallest absolute Gasteiger partial charge is 0.116 e. The van der Waals surface area contributed by atoms with Crippen molar-refractivity contribution in [2.45, 2.75) is 25.3 Å². The van der Waals surface area contributed by atoms with Crippen LogP contribution in [-0.4, -0.2) is 14.7 Å². The summed E-state index contributed by atoms with van der Waals surface area (Å²) in [7, 11) is 0. The van der Waals surface area contributed by atoms with Crippen LogP contribution in [0.15, 0.2) is 36.7 Å². The first-order valence-electron chi connectivity index (χ1n) is 5.64. The van der Waals surface area contributed by atoms with Crippen molar-refractivity contribution in [3.63, 3.8) is 0 Å². The van der Waals surface area contributed by atoms with Gasteiger partial charge in [-0.2, -0.15) is 0 Å². The minimum absolute atomic E-state index is 0.322. The predicted molar refractivity (Wildman–Crippen MR) is 61.4 cm³/mol. The standard InChI is InChI=1S/C13H14N2O/c16-11-5-3-10(4-6-11)12-2-1-8-15-9-7-14-13(12)15/h3-7,9,12,16H,1-2,8H2/t12-/m1/s1. The fraction of sp³-hybridized carbons (Fsp3) is 0.308. The molecule has 0 aliphatic carbocycles. The van der Waals surface area contributed by atoms with Crippen molar-refractivity contribution in [3.8, 4) is 5.75 Å². The summed E-state index contributed by atoms with van der Waals surface area (Å²) in [5, 5.41) is 9.29. The second-order valence-electron chi connectivity index (χ2n) is 4.27. The van der Waals surface area contributed by atoms with Crippen molar-refractivity contribution in [2.75, 3.05) is 0 Å². The van der Waals surface area contributed by atoms with Crippen molar-refractivity contribution < 1.29 is 5.11 Å². The van der Waals surface area contributed by atoms with Crippen molar-refractivity contribution >= 4 is 0 Å². The van der Waals surface area contributed by atoms with E-state index in [1.165, 1.54) is 12.0 Å². The molecule has 1 aromatic heterocycles.